The van der Waals surface area contributed by atoms with Gasteiger partial charge in [-0.3, -0.25) is 9.55 Å². The molecule has 3 aromatic heterocycles. The molecular formula is C14H15N5. The second-order valence-electron chi connectivity index (χ2n) is 4.81. The third-order valence-corrected chi connectivity index (χ3v) is 3.20. The van der Waals surface area contributed by atoms with Gasteiger partial charge in [0.1, 0.15) is 17.8 Å². The van der Waals surface area contributed by atoms with Crippen molar-refractivity contribution in [3.8, 4) is 5.69 Å². The van der Waals surface area contributed by atoms with E-state index in [1.54, 1.807) is 0 Å². The Kier molecular flexibility index (Phi) is 2.67. The molecule has 3 rings (SSSR count). The van der Waals surface area contributed by atoms with Gasteiger partial charge in [0.15, 0.2) is 0 Å². The fourth-order valence-electron chi connectivity index (χ4n) is 2.07. The standard InChI is InChI=1S/C14H15N5/c1-9(2)10-5-11(7-16-6-10)19-4-3-12-13(15)17-8-18-14(12)19/h3-9H,1-2H3,(H2,15,17,18). The van der Waals surface area contributed by atoms with Gasteiger partial charge in [-0.1, -0.05) is 13.8 Å². The van der Waals surface area contributed by atoms with Gasteiger partial charge >= 0.3 is 0 Å². The number of nitrogens with zero attached hydrogens (tertiary/aromatic N) is 4. The monoisotopic (exact) mass is 253 g/mol. The van der Waals surface area contributed by atoms with E-state index in [0.29, 0.717) is 11.7 Å². The van der Waals surface area contributed by atoms with E-state index in [1.165, 1.54) is 11.9 Å². The van der Waals surface area contributed by atoms with Crippen molar-refractivity contribution in [3.63, 3.8) is 0 Å². The Labute approximate surface area is 111 Å². The van der Waals surface area contributed by atoms with E-state index < -0.39 is 0 Å². The van der Waals surface area contributed by atoms with Crippen molar-refractivity contribution in [2.75, 3.05) is 5.73 Å². The quantitative estimate of drug-likeness (QED) is 0.761. The van der Waals surface area contributed by atoms with Gasteiger partial charge in [0.05, 0.1) is 17.3 Å². The molecule has 0 aliphatic heterocycles. The van der Waals surface area contributed by atoms with Gasteiger partial charge in [-0.2, -0.15) is 0 Å². The second-order valence-corrected chi connectivity index (χ2v) is 4.81. The maximum atomic E-state index is 5.85. The van der Waals surface area contributed by atoms with Crippen LogP contribution in [0.4, 0.5) is 5.82 Å². The average molecular weight is 253 g/mol. The molecule has 0 amide bonds. The van der Waals surface area contributed by atoms with Gasteiger partial charge in [-0.25, -0.2) is 9.97 Å². The summed E-state index contributed by atoms with van der Waals surface area (Å²) < 4.78 is 1.98. The van der Waals surface area contributed by atoms with Gasteiger partial charge in [0.2, 0.25) is 0 Å². The summed E-state index contributed by atoms with van der Waals surface area (Å²) in [6, 6.07) is 4.04. The van der Waals surface area contributed by atoms with E-state index in [0.717, 1.165) is 16.7 Å². The third-order valence-electron chi connectivity index (χ3n) is 3.20. The highest BCUT2D eigenvalue weighted by Crippen LogP contribution is 2.23. The van der Waals surface area contributed by atoms with E-state index in [1.807, 2.05) is 29.2 Å². The molecule has 3 heterocycles. The lowest BCUT2D eigenvalue weighted by Crippen LogP contribution is -1.99. The highest BCUT2D eigenvalue weighted by atomic mass is 15.1. The zero-order valence-electron chi connectivity index (χ0n) is 10.9. The van der Waals surface area contributed by atoms with Crippen LogP contribution in [-0.2, 0) is 0 Å². The minimum absolute atomic E-state index is 0.439. The van der Waals surface area contributed by atoms with Crippen LogP contribution in [0.15, 0.2) is 37.1 Å². The lowest BCUT2D eigenvalue weighted by molar-refractivity contribution is 0.853. The Balaban J connectivity index is 2.19. The van der Waals surface area contributed by atoms with Crippen LogP contribution < -0.4 is 5.73 Å². The number of aromatic nitrogens is 4. The van der Waals surface area contributed by atoms with Crippen LogP contribution in [0.25, 0.3) is 16.7 Å². The minimum atomic E-state index is 0.439. The van der Waals surface area contributed by atoms with Gasteiger partial charge in [-0.05, 0) is 23.6 Å². The van der Waals surface area contributed by atoms with E-state index in [9.17, 15) is 0 Å². The van der Waals surface area contributed by atoms with Crippen LogP contribution in [0.1, 0.15) is 25.3 Å². The lowest BCUT2D eigenvalue weighted by Gasteiger charge is -2.09. The Hall–Kier alpha value is -2.43. The average Bonchev–Trinajstić information content (AvgIpc) is 2.84. The summed E-state index contributed by atoms with van der Waals surface area (Å²) in [7, 11) is 0. The number of hydrogen-bond donors (Lipinski definition) is 1. The van der Waals surface area contributed by atoms with Crippen LogP contribution in [0, 0.1) is 0 Å². The fourth-order valence-corrected chi connectivity index (χ4v) is 2.07. The summed E-state index contributed by atoms with van der Waals surface area (Å²) in [5, 5.41) is 0.859. The van der Waals surface area contributed by atoms with E-state index in [2.05, 4.69) is 34.9 Å². The van der Waals surface area contributed by atoms with Gasteiger partial charge in [0, 0.05) is 12.4 Å². The third kappa shape index (κ3) is 1.93. The first kappa shape index (κ1) is 11.6. The van der Waals surface area contributed by atoms with Crippen molar-refractivity contribution in [2.24, 2.45) is 0 Å². The molecule has 0 aliphatic rings. The van der Waals surface area contributed by atoms with Crippen molar-refractivity contribution in [1.82, 2.24) is 19.5 Å². The largest absolute Gasteiger partial charge is 0.383 e. The molecule has 0 fully saturated rings. The Morgan fingerprint density at radius 1 is 1.21 bits per heavy atom. The topological polar surface area (TPSA) is 69.6 Å². The first-order valence-corrected chi connectivity index (χ1v) is 6.19. The zero-order valence-corrected chi connectivity index (χ0v) is 10.9. The van der Waals surface area contributed by atoms with Crippen LogP contribution in [0.5, 0.6) is 0 Å². The highest BCUT2D eigenvalue weighted by Gasteiger charge is 2.09. The minimum Gasteiger partial charge on any atom is -0.383 e. The maximum absolute atomic E-state index is 5.85. The van der Waals surface area contributed by atoms with Crippen LogP contribution in [0.3, 0.4) is 0 Å². The lowest BCUT2D eigenvalue weighted by atomic mass is 10.1. The van der Waals surface area contributed by atoms with Crippen LogP contribution >= 0.6 is 0 Å². The smallest absolute Gasteiger partial charge is 0.150 e. The number of pyridine rings is 1. The number of rotatable bonds is 2. The van der Waals surface area contributed by atoms with E-state index in [4.69, 9.17) is 5.73 Å². The summed E-state index contributed by atoms with van der Waals surface area (Å²) in [5.41, 5.74) is 8.83. The molecule has 0 saturated heterocycles. The molecule has 0 atom stereocenters. The van der Waals surface area contributed by atoms with E-state index in [-0.39, 0.29) is 0 Å². The van der Waals surface area contributed by atoms with Gasteiger partial charge < -0.3 is 5.73 Å². The molecule has 0 aromatic carbocycles. The molecule has 0 bridgehead atoms. The van der Waals surface area contributed by atoms with Gasteiger partial charge in [-0.15, -0.1) is 0 Å². The van der Waals surface area contributed by atoms with Crippen molar-refractivity contribution in [3.05, 3.63) is 42.6 Å². The highest BCUT2D eigenvalue weighted by molar-refractivity contribution is 5.87. The fraction of sp³-hybridized carbons (Fsp3) is 0.214. The first-order chi connectivity index (χ1) is 9.16. The predicted molar refractivity (Wildman–Crippen MR) is 75.2 cm³/mol. The molecule has 19 heavy (non-hydrogen) atoms. The molecule has 0 saturated carbocycles. The summed E-state index contributed by atoms with van der Waals surface area (Å²) >= 11 is 0. The summed E-state index contributed by atoms with van der Waals surface area (Å²) in [5.74, 6) is 0.936. The molecule has 0 aliphatic carbocycles. The summed E-state index contributed by atoms with van der Waals surface area (Å²) in [4.78, 5) is 12.6. The Bertz CT molecular complexity index is 730. The second kappa shape index (κ2) is 4.35. The molecule has 2 N–H and O–H groups in total. The number of nitrogen functional groups attached to an aromatic ring is 1. The number of anilines is 1. The number of fused-ring (bicyclic) bond motifs is 1. The Morgan fingerprint density at radius 2 is 2.05 bits per heavy atom. The Morgan fingerprint density at radius 3 is 2.84 bits per heavy atom. The van der Waals surface area contributed by atoms with Crippen molar-refractivity contribution in [2.45, 2.75) is 19.8 Å². The zero-order chi connectivity index (χ0) is 13.4. The SMILES string of the molecule is CC(C)c1cncc(-n2ccc3c(N)ncnc32)c1. The molecule has 0 unspecified atom stereocenters. The molecule has 3 aromatic rings. The van der Waals surface area contributed by atoms with Crippen molar-refractivity contribution in [1.29, 1.82) is 0 Å². The van der Waals surface area contributed by atoms with Crippen LogP contribution in [-0.4, -0.2) is 19.5 Å². The number of nitrogens with two attached hydrogens (primary N) is 1. The van der Waals surface area contributed by atoms with Crippen molar-refractivity contribution >= 4 is 16.9 Å². The predicted octanol–water partition coefficient (Wildman–Crippen LogP) is 2.52. The molecule has 0 radical (unpaired) electrons. The molecule has 5 nitrogen and oxygen atoms in total. The number of hydrogen-bond acceptors (Lipinski definition) is 4. The maximum Gasteiger partial charge on any atom is 0.150 e. The molecular weight excluding hydrogens is 238 g/mol. The molecule has 96 valence electrons. The van der Waals surface area contributed by atoms with Crippen molar-refractivity contribution < 1.29 is 0 Å². The molecule has 0 spiro atoms. The molecule has 5 heteroatoms. The van der Waals surface area contributed by atoms with Gasteiger partial charge in [0.25, 0.3) is 0 Å². The van der Waals surface area contributed by atoms with Crippen LogP contribution in [0.2, 0.25) is 0 Å². The normalized spacial score (nSPS) is 11.3. The summed E-state index contributed by atoms with van der Waals surface area (Å²) in [6.07, 6.45) is 7.14. The summed E-state index contributed by atoms with van der Waals surface area (Å²) in [6.45, 7) is 4.30. The van der Waals surface area contributed by atoms with E-state index >= 15 is 0 Å². The first-order valence-electron chi connectivity index (χ1n) is 6.19.